The third-order valence-electron chi connectivity index (χ3n) is 2.38. The zero-order chi connectivity index (χ0) is 9.90. The van der Waals surface area contributed by atoms with Gasteiger partial charge in [0.1, 0.15) is 0 Å². The number of nitrogens with zero attached hydrogens (tertiary/aromatic N) is 2. The Labute approximate surface area is 79.9 Å². The first-order chi connectivity index (χ1) is 6.10. The van der Waals surface area contributed by atoms with Crippen LogP contribution >= 0.6 is 0 Å². The van der Waals surface area contributed by atoms with E-state index in [1.54, 1.807) is 0 Å². The molecule has 1 rings (SSSR count). The van der Waals surface area contributed by atoms with Gasteiger partial charge in [-0.05, 0) is 6.54 Å². The SMILES string of the molecule is CCN1CCN(S(=O)(=O)NC)CC1. The Morgan fingerprint density at radius 2 is 1.77 bits per heavy atom. The molecular formula is C7H17N3O2S. The first-order valence-corrected chi connectivity index (χ1v) is 5.95. The molecule has 1 heterocycles. The van der Waals surface area contributed by atoms with Crippen molar-refractivity contribution in [2.75, 3.05) is 39.8 Å². The van der Waals surface area contributed by atoms with E-state index in [0.29, 0.717) is 13.1 Å². The lowest BCUT2D eigenvalue weighted by molar-refractivity contribution is 0.195. The van der Waals surface area contributed by atoms with Crippen molar-refractivity contribution in [2.45, 2.75) is 6.92 Å². The highest BCUT2D eigenvalue weighted by Gasteiger charge is 2.24. The summed E-state index contributed by atoms with van der Waals surface area (Å²) in [6, 6.07) is 0. The topological polar surface area (TPSA) is 52.7 Å². The summed E-state index contributed by atoms with van der Waals surface area (Å²) in [7, 11) is -1.75. The van der Waals surface area contributed by atoms with E-state index in [1.807, 2.05) is 0 Å². The number of hydrogen-bond donors (Lipinski definition) is 1. The van der Waals surface area contributed by atoms with Crippen molar-refractivity contribution in [1.82, 2.24) is 13.9 Å². The molecule has 0 aromatic carbocycles. The second-order valence-electron chi connectivity index (χ2n) is 3.04. The molecule has 1 saturated heterocycles. The Hall–Kier alpha value is -0.170. The summed E-state index contributed by atoms with van der Waals surface area (Å²) in [6.45, 7) is 5.93. The van der Waals surface area contributed by atoms with E-state index in [0.717, 1.165) is 19.6 Å². The molecule has 0 atom stereocenters. The van der Waals surface area contributed by atoms with Crippen LogP contribution in [0.5, 0.6) is 0 Å². The minimum absolute atomic E-state index is 0.594. The van der Waals surface area contributed by atoms with E-state index in [4.69, 9.17) is 0 Å². The first kappa shape index (κ1) is 10.9. The van der Waals surface area contributed by atoms with E-state index in [-0.39, 0.29) is 0 Å². The Morgan fingerprint density at radius 1 is 1.23 bits per heavy atom. The smallest absolute Gasteiger partial charge is 0.279 e. The number of likely N-dealkylation sites (N-methyl/N-ethyl adjacent to an activating group) is 1. The highest BCUT2D eigenvalue weighted by molar-refractivity contribution is 7.87. The third-order valence-corrected chi connectivity index (χ3v) is 3.94. The van der Waals surface area contributed by atoms with Gasteiger partial charge in [0.15, 0.2) is 0 Å². The predicted octanol–water partition coefficient (Wildman–Crippen LogP) is -0.912. The molecule has 0 spiro atoms. The third kappa shape index (κ3) is 2.63. The predicted molar refractivity (Wildman–Crippen MR) is 51.7 cm³/mol. The summed E-state index contributed by atoms with van der Waals surface area (Å²) in [6.07, 6.45) is 0. The van der Waals surface area contributed by atoms with Crippen LogP contribution in [0.2, 0.25) is 0 Å². The quantitative estimate of drug-likeness (QED) is 0.652. The van der Waals surface area contributed by atoms with Crippen molar-refractivity contribution in [3.63, 3.8) is 0 Å². The van der Waals surface area contributed by atoms with Gasteiger partial charge in [0.2, 0.25) is 0 Å². The van der Waals surface area contributed by atoms with Crippen molar-refractivity contribution in [3.8, 4) is 0 Å². The average Bonchev–Trinajstić information content (AvgIpc) is 2.18. The zero-order valence-corrected chi connectivity index (χ0v) is 8.97. The molecule has 0 aromatic heterocycles. The maximum atomic E-state index is 11.3. The molecule has 0 amide bonds. The fraction of sp³-hybridized carbons (Fsp3) is 1.00. The highest BCUT2D eigenvalue weighted by atomic mass is 32.2. The lowest BCUT2D eigenvalue weighted by Gasteiger charge is -2.32. The monoisotopic (exact) mass is 207 g/mol. The molecule has 0 saturated carbocycles. The molecule has 0 radical (unpaired) electrons. The lowest BCUT2D eigenvalue weighted by atomic mass is 10.4. The van der Waals surface area contributed by atoms with Crippen molar-refractivity contribution >= 4 is 10.2 Å². The summed E-state index contributed by atoms with van der Waals surface area (Å²) in [4.78, 5) is 2.24. The van der Waals surface area contributed by atoms with Gasteiger partial charge in [-0.3, -0.25) is 0 Å². The Balaban J connectivity index is 2.50. The van der Waals surface area contributed by atoms with Crippen LogP contribution in [0.25, 0.3) is 0 Å². The number of piperazine rings is 1. The highest BCUT2D eigenvalue weighted by Crippen LogP contribution is 2.04. The van der Waals surface area contributed by atoms with Gasteiger partial charge in [0.05, 0.1) is 0 Å². The Kier molecular flexibility index (Phi) is 3.66. The minimum Gasteiger partial charge on any atom is -0.301 e. The number of rotatable bonds is 3. The van der Waals surface area contributed by atoms with Crippen molar-refractivity contribution in [2.24, 2.45) is 0 Å². The van der Waals surface area contributed by atoms with Crippen molar-refractivity contribution in [3.05, 3.63) is 0 Å². The van der Waals surface area contributed by atoms with Gasteiger partial charge in [-0.1, -0.05) is 6.92 Å². The molecule has 78 valence electrons. The van der Waals surface area contributed by atoms with Crippen LogP contribution in [0.3, 0.4) is 0 Å². The van der Waals surface area contributed by atoms with Crippen LogP contribution in [0.1, 0.15) is 6.92 Å². The van der Waals surface area contributed by atoms with Crippen molar-refractivity contribution < 1.29 is 8.42 Å². The molecule has 6 heteroatoms. The molecule has 13 heavy (non-hydrogen) atoms. The van der Waals surface area contributed by atoms with Crippen LogP contribution in [-0.4, -0.2) is 57.4 Å². The van der Waals surface area contributed by atoms with Crippen LogP contribution < -0.4 is 4.72 Å². The molecule has 1 aliphatic rings. The molecular weight excluding hydrogens is 190 g/mol. The Morgan fingerprint density at radius 3 is 2.15 bits per heavy atom. The van der Waals surface area contributed by atoms with E-state index in [2.05, 4.69) is 16.5 Å². The fourth-order valence-corrected chi connectivity index (χ4v) is 2.32. The summed E-state index contributed by atoms with van der Waals surface area (Å²) < 4.78 is 26.5. The zero-order valence-electron chi connectivity index (χ0n) is 8.15. The summed E-state index contributed by atoms with van der Waals surface area (Å²) >= 11 is 0. The maximum absolute atomic E-state index is 11.3. The second-order valence-corrected chi connectivity index (χ2v) is 4.92. The van der Waals surface area contributed by atoms with Gasteiger partial charge in [-0.15, -0.1) is 0 Å². The van der Waals surface area contributed by atoms with Crippen LogP contribution in [0.15, 0.2) is 0 Å². The van der Waals surface area contributed by atoms with Crippen LogP contribution in [0, 0.1) is 0 Å². The summed E-state index contributed by atoms with van der Waals surface area (Å²) in [5.74, 6) is 0. The molecule has 5 nitrogen and oxygen atoms in total. The van der Waals surface area contributed by atoms with Crippen LogP contribution in [0.4, 0.5) is 0 Å². The first-order valence-electron chi connectivity index (χ1n) is 4.51. The minimum atomic E-state index is -3.20. The van der Waals surface area contributed by atoms with Crippen LogP contribution in [-0.2, 0) is 10.2 Å². The average molecular weight is 207 g/mol. The molecule has 0 unspecified atom stereocenters. The van der Waals surface area contributed by atoms with Gasteiger partial charge >= 0.3 is 0 Å². The molecule has 0 aliphatic carbocycles. The van der Waals surface area contributed by atoms with E-state index in [9.17, 15) is 8.42 Å². The second kappa shape index (κ2) is 4.36. The van der Waals surface area contributed by atoms with E-state index >= 15 is 0 Å². The Bertz CT molecular complexity index is 244. The van der Waals surface area contributed by atoms with E-state index in [1.165, 1.54) is 11.4 Å². The maximum Gasteiger partial charge on any atom is 0.279 e. The van der Waals surface area contributed by atoms with E-state index < -0.39 is 10.2 Å². The van der Waals surface area contributed by atoms with Crippen molar-refractivity contribution in [1.29, 1.82) is 0 Å². The normalized spacial score (nSPS) is 22.0. The summed E-state index contributed by atoms with van der Waals surface area (Å²) in [5, 5.41) is 0. The van der Waals surface area contributed by atoms with Gasteiger partial charge in [-0.2, -0.15) is 12.7 Å². The van der Waals surface area contributed by atoms with Gasteiger partial charge in [-0.25, -0.2) is 4.72 Å². The summed E-state index contributed by atoms with van der Waals surface area (Å²) in [5.41, 5.74) is 0. The number of nitrogens with one attached hydrogen (secondary N) is 1. The largest absolute Gasteiger partial charge is 0.301 e. The van der Waals surface area contributed by atoms with Gasteiger partial charge < -0.3 is 4.90 Å². The van der Waals surface area contributed by atoms with Gasteiger partial charge in [0, 0.05) is 33.2 Å². The van der Waals surface area contributed by atoms with Gasteiger partial charge in [0.25, 0.3) is 10.2 Å². The molecule has 1 fully saturated rings. The standard InChI is InChI=1S/C7H17N3O2S/c1-3-9-4-6-10(7-5-9)13(11,12)8-2/h8H,3-7H2,1-2H3. The fourth-order valence-electron chi connectivity index (χ4n) is 1.42. The molecule has 1 N–H and O–H groups in total. The molecule has 0 bridgehead atoms. The number of hydrogen-bond acceptors (Lipinski definition) is 3. The molecule has 1 aliphatic heterocycles. The lowest BCUT2D eigenvalue weighted by Crippen LogP contribution is -2.51. The molecule has 0 aromatic rings.